The summed E-state index contributed by atoms with van der Waals surface area (Å²) in [4.78, 5) is 0. The molecule has 0 aromatic heterocycles. The van der Waals surface area contributed by atoms with Crippen LogP contribution in [0.3, 0.4) is 0 Å². The van der Waals surface area contributed by atoms with Crippen LogP contribution in [-0.2, 0) is 6.54 Å². The number of aryl methyl sites for hydroxylation is 2. The minimum atomic E-state index is 1.01. The SMILES string of the molecule is CSCCCCCCNCc1ccc(C)c(C)c1. The molecule has 102 valence electrons. The molecule has 1 nitrogen and oxygen atoms in total. The molecule has 1 rings (SSSR count). The van der Waals surface area contributed by atoms with Crippen LogP contribution in [0.4, 0.5) is 0 Å². The van der Waals surface area contributed by atoms with Gasteiger partial charge in [0.1, 0.15) is 0 Å². The zero-order valence-electron chi connectivity index (χ0n) is 12.1. The first kappa shape index (κ1) is 15.6. The summed E-state index contributed by atoms with van der Waals surface area (Å²) in [5.41, 5.74) is 4.18. The molecule has 18 heavy (non-hydrogen) atoms. The van der Waals surface area contributed by atoms with Crippen molar-refractivity contribution >= 4 is 11.8 Å². The molecule has 0 saturated carbocycles. The number of thioether (sulfide) groups is 1. The highest BCUT2D eigenvalue weighted by Gasteiger charge is 1.96. The third-order valence-corrected chi connectivity index (χ3v) is 4.05. The van der Waals surface area contributed by atoms with Crippen molar-refractivity contribution in [3.8, 4) is 0 Å². The van der Waals surface area contributed by atoms with Crippen LogP contribution >= 0.6 is 11.8 Å². The lowest BCUT2D eigenvalue weighted by Crippen LogP contribution is -2.14. The Hall–Kier alpha value is -0.470. The second kappa shape index (κ2) is 9.46. The average Bonchev–Trinajstić information content (AvgIpc) is 2.37. The van der Waals surface area contributed by atoms with E-state index in [4.69, 9.17) is 0 Å². The molecule has 0 aliphatic rings. The zero-order chi connectivity index (χ0) is 13.2. The monoisotopic (exact) mass is 265 g/mol. The largest absolute Gasteiger partial charge is 0.313 e. The van der Waals surface area contributed by atoms with E-state index < -0.39 is 0 Å². The van der Waals surface area contributed by atoms with Crippen molar-refractivity contribution in [2.75, 3.05) is 18.6 Å². The van der Waals surface area contributed by atoms with E-state index in [9.17, 15) is 0 Å². The molecule has 0 bridgehead atoms. The summed E-state index contributed by atoms with van der Waals surface area (Å²) >= 11 is 1.95. The molecule has 0 radical (unpaired) electrons. The lowest BCUT2D eigenvalue weighted by atomic mass is 10.1. The van der Waals surface area contributed by atoms with Crippen LogP contribution in [0.25, 0.3) is 0 Å². The van der Waals surface area contributed by atoms with E-state index in [0.717, 1.165) is 13.1 Å². The minimum absolute atomic E-state index is 1.01. The van der Waals surface area contributed by atoms with Gasteiger partial charge >= 0.3 is 0 Å². The second-order valence-electron chi connectivity index (χ2n) is 5.00. The van der Waals surface area contributed by atoms with Crippen LogP contribution in [0, 0.1) is 13.8 Å². The van der Waals surface area contributed by atoms with E-state index >= 15 is 0 Å². The highest BCUT2D eigenvalue weighted by molar-refractivity contribution is 7.98. The van der Waals surface area contributed by atoms with Gasteiger partial charge in [-0.1, -0.05) is 31.0 Å². The van der Waals surface area contributed by atoms with Gasteiger partial charge in [0, 0.05) is 6.54 Å². The maximum Gasteiger partial charge on any atom is 0.0205 e. The highest BCUT2D eigenvalue weighted by atomic mass is 32.2. The normalized spacial score (nSPS) is 10.8. The van der Waals surface area contributed by atoms with Gasteiger partial charge < -0.3 is 5.32 Å². The molecule has 2 heteroatoms. The Labute approximate surface area is 117 Å². The molecule has 1 aromatic rings. The van der Waals surface area contributed by atoms with Crippen LogP contribution < -0.4 is 5.32 Å². The summed E-state index contributed by atoms with van der Waals surface area (Å²) in [7, 11) is 0. The molecule has 0 heterocycles. The molecule has 0 unspecified atom stereocenters. The molecular formula is C16H27NS. The van der Waals surface area contributed by atoms with Gasteiger partial charge in [-0.05, 0) is 61.9 Å². The Morgan fingerprint density at radius 1 is 1.00 bits per heavy atom. The summed E-state index contributed by atoms with van der Waals surface area (Å²) in [5.74, 6) is 1.32. The molecule has 0 amide bonds. The van der Waals surface area contributed by atoms with Crippen molar-refractivity contribution < 1.29 is 0 Å². The van der Waals surface area contributed by atoms with Crippen LogP contribution in [0.15, 0.2) is 18.2 Å². The molecule has 0 spiro atoms. The Morgan fingerprint density at radius 3 is 2.50 bits per heavy atom. The number of rotatable bonds is 9. The van der Waals surface area contributed by atoms with E-state index in [1.54, 1.807) is 0 Å². The van der Waals surface area contributed by atoms with Gasteiger partial charge in [-0.15, -0.1) is 0 Å². The third kappa shape index (κ3) is 6.46. The summed E-state index contributed by atoms with van der Waals surface area (Å²) in [6.45, 7) is 6.50. The van der Waals surface area contributed by atoms with Crippen molar-refractivity contribution in [1.29, 1.82) is 0 Å². The summed E-state index contributed by atoms with van der Waals surface area (Å²) < 4.78 is 0. The average molecular weight is 265 g/mol. The molecule has 0 saturated heterocycles. The Kier molecular flexibility index (Phi) is 8.19. The van der Waals surface area contributed by atoms with Crippen LogP contribution in [0.2, 0.25) is 0 Å². The molecule has 1 aromatic carbocycles. The summed E-state index contributed by atoms with van der Waals surface area (Å²) in [6.07, 6.45) is 7.61. The molecule has 0 aliphatic heterocycles. The second-order valence-corrected chi connectivity index (χ2v) is 5.99. The maximum absolute atomic E-state index is 3.53. The van der Waals surface area contributed by atoms with E-state index in [-0.39, 0.29) is 0 Å². The standard InChI is InChI=1S/C16H27NS/c1-14-8-9-16(12-15(14)2)13-17-10-6-4-5-7-11-18-3/h8-9,12,17H,4-7,10-11,13H2,1-3H3. The van der Waals surface area contributed by atoms with Gasteiger partial charge in [0.25, 0.3) is 0 Å². The predicted molar refractivity (Wildman–Crippen MR) is 84.5 cm³/mol. The van der Waals surface area contributed by atoms with E-state index in [1.807, 2.05) is 11.8 Å². The Morgan fingerprint density at radius 2 is 1.78 bits per heavy atom. The van der Waals surface area contributed by atoms with Crippen molar-refractivity contribution in [1.82, 2.24) is 5.32 Å². The van der Waals surface area contributed by atoms with E-state index in [2.05, 4.69) is 43.6 Å². The minimum Gasteiger partial charge on any atom is -0.313 e. The maximum atomic E-state index is 3.53. The van der Waals surface area contributed by atoms with Gasteiger partial charge in [-0.2, -0.15) is 11.8 Å². The Balaban J connectivity index is 2.05. The quantitative estimate of drug-likeness (QED) is 0.668. The van der Waals surface area contributed by atoms with Gasteiger partial charge in [-0.3, -0.25) is 0 Å². The number of nitrogens with one attached hydrogen (secondary N) is 1. The smallest absolute Gasteiger partial charge is 0.0205 e. The van der Waals surface area contributed by atoms with Gasteiger partial charge in [0.15, 0.2) is 0 Å². The first-order valence-electron chi connectivity index (χ1n) is 7.00. The highest BCUT2D eigenvalue weighted by Crippen LogP contribution is 2.09. The van der Waals surface area contributed by atoms with Crippen LogP contribution in [0.5, 0.6) is 0 Å². The van der Waals surface area contributed by atoms with Gasteiger partial charge in [0.05, 0.1) is 0 Å². The van der Waals surface area contributed by atoms with E-state index in [1.165, 1.54) is 48.1 Å². The Bertz CT molecular complexity index is 336. The third-order valence-electron chi connectivity index (χ3n) is 3.35. The molecule has 0 aliphatic carbocycles. The van der Waals surface area contributed by atoms with Crippen molar-refractivity contribution in [3.63, 3.8) is 0 Å². The number of hydrogen-bond acceptors (Lipinski definition) is 2. The zero-order valence-corrected chi connectivity index (χ0v) is 12.9. The first-order chi connectivity index (χ1) is 8.74. The van der Waals surface area contributed by atoms with Crippen molar-refractivity contribution in [2.45, 2.75) is 46.1 Å². The van der Waals surface area contributed by atoms with Crippen LogP contribution in [-0.4, -0.2) is 18.6 Å². The van der Waals surface area contributed by atoms with Gasteiger partial charge in [0.2, 0.25) is 0 Å². The number of unbranched alkanes of at least 4 members (excludes halogenated alkanes) is 3. The fraction of sp³-hybridized carbons (Fsp3) is 0.625. The predicted octanol–water partition coefficient (Wildman–Crippen LogP) is 4.32. The molecule has 1 N–H and O–H groups in total. The molecular weight excluding hydrogens is 238 g/mol. The first-order valence-corrected chi connectivity index (χ1v) is 8.39. The molecule has 0 atom stereocenters. The topological polar surface area (TPSA) is 12.0 Å². The van der Waals surface area contributed by atoms with Crippen molar-refractivity contribution in [3.05, 3.63) is 34.9 Å². The van der Waals surface area contributed by atoms with Crippen LogP contribution in [0.1, 0.15) is 42.4 Å². The number of benzene rings is 1. The van der Waals surface area contributed by atoms with Gasteiger partial charge in [-0.25, -0.2) is 0 Å². The molecule has 0 fully saturated rings. The summed E-state index contributed by atoms with van der Waals surface area (Å²) in [5, 5.41) is 3.53. The summed E-state index contributed by atoms with van der Waals surface area (Å²) in [6, 6.07) is 6.74. The fourth-order valence-corrected chi connectivity index (χ4v) is 2.49. The lowest BCUT2D eigenvalue weighted by molar-refractivity contribution is 0.599. The number of hydrogen-bond donors (Lipinski definition) is 1. The lowest BCUT2D eigenvalue weighted by Gasteiger charge is -2.07. The van der Waals surface area contributed by atoms with Crippen molar-refractivity contribution in [2.24, 2.45) is 0 Å². The van der Waals surface area contributed by atoms with E-state index in [0.29, 0.717) is 0 Å². The fourth-order valence-electron chi connectivity index (χ4n) is 2.00.